The fourth-order valence-corrected chi connectivity index (χ4v) is 2.90. The number of aliphatic hydroxyl groups excluding tert-OH is 1. The van der Waals surface area contributed by atoms with E-state index in [0.717, 1.165) is 34.2 Å². The third kappa shape index (κ3) is 3.33. The van der Waals surface area contributed by atoms with E-state index in [1.54, 1.807) is 0 Å². The van der Waals surface area contributed by atoms with Crippen LogP contribution in [0.2, 0.25) is 0 Å². The Hall–Kier alpha value is -1.39. The first-order valence-corrected chi connectivity index (χ1v) is 7.39. The monoisotopic (exact) mass is 277 g/mol. The summed E-state index contributed by atoms with van der Waals surface area (Å²) in [6.45, 7) is 4.69. The summed E-state index contributed by atoms with van der Waals surface area (Å²) >= 11 is 1.53. The van der Waals surface area contributed by atoms with Gasteiger partial charge < -0.3 is 9.84 Å². The summed E-state index contributed by atoms with van der Waals surface area (Å²) < 4.78 is 5.84. The lowest BCUT2D eigenvalue weighted by Crippen LogP contribution is -1.98. The first kappa shape index (κ1) is 14.0. The van der Waals surface area contributed by atoms with Gasteiger partial charge in [0.2, 0.25) is 0 Å². The fourth-order valence-electron chi connectivity index (χ4n) is 1.97. The lowest BCUT2D eigenvalue weighted by Gasteiger charge is -2.08. The van der Waals surface area contributed by atoms with Crippen LogP contribution in [-0.2, 0) is 26.1 Å². The summed E-state index contributed by atoms with van der Waals surface area (Å²) in [6.07, 6.45) is 1.80. The molecule has 3 nitrogen and oxygen atoms in total. The number of ether oxygens (including phenoxy) is 1. The molecule has 4 heteroatoms. The van der Waals surface area contributed by atoms with Gasteiger partial charge in [-0.1, -0.05) is 32.0 Å². The van der Waals surface area contributed by atoms with Gasteiger partial charge in [-0.2, -0.15) is 0 Å². The van der Waals surface area contributed by atoms with Crippen molar-refractivity contribution < 1.29 is 9.84 Å². The number of nitrogens with zero attached hydrogens (tertiary/aromatic N) is 1. The lowest BCUT2D eigenvalue weighted by molar-refractivity contribution is 0.284. The van der Waals surface area contributed by atoms with Crippen molar-refractivity contribution in [2.45, 2.75) is 39.9 Å². The molecule has 0 spiro atoms. The van der Waals surface area contributed by atoms with Crippen molar-refractivity contribution in [3.8, 4) is 5.75 Å². The Bertz CT molecular complexity index is 515. The van der Waals surface area contributed by atoms with Gasteiger partial charge in [0, 0.05) is 0 Å². The minimum Gasteiger partial charge on any atom is -0.486 e. The van der Waals surface area contributed by atoms with Crippen molar-refractivity contribution in [2.24, 2.45) is 0 Å². The topological polar surface area (TPSA) is 42.4 Å². The average Bonchev–Trinajstić information content (AvgIpc) is 2.87. The number of hydrogen-bond acceptors (Lipinski definition) is 4. The Labute approximate surface area is 117 Å². The van der Waals surface area contributed by atoms with Crippen LogP contribution in [0.25, 0.3) is 0 Å². The third-order valence-corrected chi connectivity index (χ3v) is 4.06. The zero-order chi connectivity index (χ0) is 13.7. The molecule has 1 N–H and O–H groups in total. The third-order valence-electron chi connectivity index (χ3n) is 3.01. The number of rotatable bonds is 6. The van der Waals surface area contributed by atoms with Gasteiger partial charge in [-0.15, -0.1) is 11.3 Å². The van der Waals surface area contributed by atoms with Gasteiger partial charge in [-0.3, -0.25) is 0 Å². The standard InChI is InChI=1S/C15H19NO2S/c1-3-11-7-5-6-8-13(11)18-10-15-16-12(4-2)14(9-17)19-15/h5-8,17H,3-4,9-10H2,1-2H3. The number of aliphatic hydroxyl groups is 1. The van der Waals surface area contributed by atoms with E-state index in [-0.39, 0.29) is 6.61 Å². The van der Waals surface area contributed by atoms with Crippen molar-refractivity contribution in [2.75, 3.05) is 0 Å². The number of aromatic nitrogens is 1. The van der Waals surface area contributed by atoms with Gasteiger partial charge >= 0.3 is 0 Å². The van der Waals surface area contributed by atoms with Crippen molar-refractivity contribution in [3.63, 3.8) is 0 Å². The van der Waals surface area contributed by atoms with Crippen LogP contribution in [0.3, 0.4) is 0 Å². The molecule has 1 heterocycles. The maximum atomic E-state index is 9.26. The molecule has 0 saturated heterocycles. The molecule has 0 aliphatic heterocycles. The Morgan fingerprint density at radius 2 is 2.00 bits per heavy atom. The summed E-state index contributed by atoms with van der Waals surface area (Å²) in [4.78, 5) is 5.45. The van der Waals surface area contributed by atoms with Gasteiger partial charge in [0.1, 0.15) is 17.4 Å². The summed E-state index contributed by atoms with van der Waals surface area (Å²) in [5, 5.41) is 10.2. The highest BCUT2D eigenvalue weighted by molar-refractivity contribution is 7.11. The maximum Gasteiger partial charge on any atom is 0.140 e. The molecule has 0 amide bonds. The fraction of sp³-hybridized carbons (Fsp3) is 0.400. The van der Waals surface area contributed by atoms with Gasteiger partial charge in [0.25, 0.3) is 0 Å². The number of aryl methyl sites for hydroxylation is 2. The van der Waals surface area contributed by atoms with Crippen LogP contribution >= 0.6 is 11.3 Å². The molecule has 0 fully saturated rings. The summed E-state index contributed by atoms with van der Waals surface area (Å²) in [5.74, 6) is 0.920. The molecule has 1 aromatic heterocycles. The second-order valence-electron chi connectivity index (χ2n) is 4.24. The number of hydrogen-bond donors (Lipinski definition) is 1. The van der Waals surface area contributed by atoms with Gasteiger partial charge in [-0.05, 0) is 24.5 Å². The van der Waals surface area contributed by atoms with Crippen LogP contribution in [0.15, 0.2) is 24.3 Å². The molecule has 1 aromatic carbocycles. The van der Waals surface area contributed by atoms with Crippen molar-refractivity contribution >= 4 is 11.3 Å². The largest absolute Gasteiger partial charge is 0.486 e. The predicted octanol–water partition coefficient (Wildman–Crippen LogP) is 3.34. The summed E-state index contributed by atoms with van der Waals surface area (Å²) in [7, 11) is 0. The van der Waals surface area contributed by atoms with E-state index in [2.05, 4.69) is 18.0 Å². The zero-order valence-corrected chi connectivity index (χ0v) is 12.2. The molecule has 0 saturated carbocycles. The number of thiazole rings is 1. The van der Waals surface area contributed by atoms with E-state index in [9.17, 15) is 5.11 Å². The molecule has 2 aromatic rings. The van der Waals surface area contributed by atoms with Gasteiger partial charge in [-0.25, -0.2) is 4.98 Å². The van der Waals surface area contributed by atoms with Crippen molar-refractivity contribution in [1.82, 2.24) is 4.98 Å². The molecule has 0 atom stereocenters. The molecule has 19 heavy (non-hydrogen) atoms. The molecule has 2 rings (SSSR count). The SMILES string of the molecule is CCc1ccccc1OCc1nc(CC)c(CO)s1. The second kappa shape index (κ2) is 6.68. The lowest BCUT2D eigenvalue weighted by atomic mass is 10.1. The average molecular weight is 277 g/mol. The second-order valence-corrected chi connectivity index (χ2v) is 5.41. The first-order chi connectivity index (χ1) is 9.28. The quantitative estimate of drug-likeness (QED) is 0.880. The van der Waals surface area contributed by atoms with Gasteiger partial charge in [0.15, 0.2) is 0 Å². The summed E-state index contributed by atoms with van der Waals surface area (Å²) in [5.41, 5.74) is 2.19. The van der Waals surface area contributed by atoms with E-state index in [1.807, 2.05) is 25.1 Å². The molecule has 0 radical (unpaired) electrons. The van der Waals surface area contributed by atoms with Crippen LogP contribution in [-0.4, -0.2) is 10.1 Å². The van der Waals surface area contributed by atoms with E-state index in [4.69, 9.17) is 4.74 Å². The van der Waals surface area contributed by atoms with Crippen molar-refractivity contribution in [1.29, 1.82) is 0 Å². The van der Waals surface area contributed by atoms with Gasteiger partial charge in [0.05, 0.1) is 17.2 Å². The molecular weight excluding hydrogens is 258 g/mol. The van der Waals surface area contributed by atoms with Crippen LogP contribution in [0, 0.1) is 0 Å². The van der Waals surface area contributed by atoms with Crippen LogP contribution in [0.1, 0.15) is 35.0 Å². The minimum atomic E-state index is 0.0619. The van der Waals surface area contributed by atoms with E-state index in [1.165, 1.54) is 16.9 Å². The maximum absolute atomic E-state index is 9.26. The first-order valence-electron chi connectivity index (χ1n) is 6.57. The molecule has 0 aliphatic rings. The molecule has 0 unspecified atom stereocenters. The Balaban J connectivity index is 2.08. The van der Waals surface area contributed by atoms with E-state index >= 15 is 0 Å². The molecule has 102 valence electrons. The van der Waals surface area contributed by atoms with Crippen LogP contribution < -0.4 is 4.74 Å². The Morgan fingerprint density at radius 1 is 1.21 bits per heavy atom. The number of para-hydroxylation sites is 1. The molecule has 0 aliphatic carbocycles. The van der Waals surface area contributed by atoms with E-state index < -0.39 is 0 Å². The van der Waals surface area contributed by atoms with Crippen LogP contribution in [0.4, 0.5) is 0 Å². The highest BCUT2D eigenvalue weighted by atomic mass is 32.1. The Kier molecular flexibility index (Phi) is 4.93. The van der Waals surface area contributed by atoms with E-state index in [0.29, 0.717) is 6.61 Å². The normalized spacial score (nSPS) is 10.7. The Morgan fingerprint density at radius 3 is 2.63 bits per heavy atom. The molecule has 0 bridgehead atoms. The highest BCUT2D eigenvalue weighted by Crippen LogP contribution is 2.23. The van der Waals surface area contributed by atoms with Crippen molar-refractivity contribution in [3.05, 3.63) is 45.4 Å². The smallest absolute Gasteiger partial charge is 0.140 e. The molecular formula is C15H19NO2S. The zero-order valence-electron chi connectivity index (χ0n) is 11.3. The highest BCUT2D eigenvalue weighted by Gasteiger charge is 2.10. The summed E-state index contributed by atoms with van der Waals surface area (Å²) in [6, 6.07) is 8.06. The van der Waals surface area contributed by atoms with Crippen LogP contribution in [0.5, 0.6) is 5.75 Å². The number of benzene rings is 1. The predicted molar refractivity (Wildman–Crippen MR) is 77.6 cm³/mol. The minimum absolute atomic E-state index is 0.0619.